The van der Waals surface area contributed by atoms with Crippen LogP contribution in [0.4, 0.5) is 4.39 Å². The van der Waals surface area contributed by atoms with E-state index in [9.17, 15) is 12.8 Å². The Balaban J connectivity index is 1.74. The number of nitrogens with one attached hydrogen (secondary N) is 1. The summed E-state index contributed by atoms with van der Waals surface area (Å²) in [5.41, 5.74) is 0. The zero-order chi connectivity index (χ0) is 17.0. The Bertz CT molecular complexity index is 742. The smallest absolute Gasteiger partial charge is 0.240 e. The maximum absolute atomic E-state index is 13.0. The summed E-state index contributed by atoms with van der Waals surface area (Å²) < 4.78 is 45.9. The number of benzene rings is 1. The van der Waals surface area contributed by atoms with Gasteiger partial charge in [-0.3, -0.25) is 4.90 Å². The molecule has 0 radical (unpaired) electrons. The highest BCUT2D eigenvalue weighted by Gasteiger charge is 2.25. The average Bonchev–Trinajstić information content (AvgIpc) is 3.11. The summed E-state index contributed by atoms with van der Waals surface area (Å²) >= 11 is 1.61. The van der Waals surface area contributed by atoms with Crippen LogP contribution in [0.15, 0.2) is 46.7 Å². The first kappa shape index (κ1) is 17.5. The van der Waals surface area contributed by atoms with Gasteiger partial charge in [0, 0.05) is 24.5 Å². The Hall–Kier alpha value is -1.32. The predicted octanol–water partition coefficient (Wildman–Crippen LogP) is 2.24. The van der Waals surface area contributed by atoms with Crippen LogP contribution in [-0.4, -0.2) is 46.2 Å². The van der Waals surface area contributed by atoms with Gasteiger partial charge in [0.2, 0.25) is 10.0 Å². The Morgan fingerprint density at radius 3 is 2.54 bits per heavy atom. The highest BCUT2D eigenvalue weighted by molar-refractivity contribution is 7.89. The van der Waals surface area contributed by atoms with Crippen molar-refractivity contribution in [2.75, 3.05) is 32.8 Å². The fourth-order valence-corrected chi connectivity index (χ4v) is 4.56. The average molecular weight is 370 g/mol. The van der Waals surface area contributed by atoms with Gasteiger partial charge in [0.15, 0.2) is 0 Å². The van der Waals surface area contributed by atoms with Gasteiger partial charge < -0.3 is 4.74 Å². The molecular formula is C16H19FN2O3S2. The van der Waals surface area contributed by atoms with Gasteiger partial charge in [0.1, 0.15) is 5.82 Å². The third kappa shape index (κ3) is 4.20. The van der Waals surface area contributed by atoms with Crippen molar-refractivity contribution in [1.29, 1.82) is 0 Å². The van der Waals surface area contributed by atoms with Gasteiger partial charge in [-0.15, -0.1) is 11.3 Å². The molecule has 3 rings (SSSR count). The first-order chi connectivity index (χ1) is 11.6. The Kier molecular flexibility index (Phi) is 5.62. The van der Waals surface area contributed by atoms with Crippen LogP contribution in [0.5, 0.6) is 0 Å². The molecule has 1 aliphatic heterocycles. The summed E-state index contributed by atoms with van der Waals surface area (Å²) in [6, 6.07) is 8.77. The minimum atomic E-state index is -3.67. The second-order valence-corrected chi connectivity index (χ2v) is 8.23. The fraction of sp³-hybridized carbons (Fsp3) is 0.375. The second-order valence-electron chi connectivity index (χ2n) is 5.49. The van der Waals surface area contributed by atoms with Crippen LogP contribution in [0.1, 0.15) is 10.9 Å². The van der Waals surface area contributed by atoms with Crippen LogP contribution < -0.4 is 4.72 Å². The molecule has 0 saturated carbocycles. The summed E-state index contributed by atoms with van der Waals surface area (Å²) in [5.74, 6) is -0.460. The number of ether oxygens (including phenoxy) is 1. The molecule has 1 saturated heterocycles. The summed E-state index contributed by atoms with van der Waals surface area (Å²) in [5, 5.41) is 1.98. The maximum atomic E-state index is 13.0. The quantitative estimate of drug-likeness (QED) is 0.847. The van der Waals surface area contributed by atoms with Crippen LogP contribution in [0.3, 0.4) is 0 Å². The third-order valence-corrected chi connectivity index (χ3v) is 6.36. The standard InChI is InChI=1S/C16H19FN2O3S2/c17-13-3-5-14(6-4-13)24(20,21)18-12-15(16-2-1-11-23-16)19-7-9-22-10-8-19/h1-6,11,15,18H,7-10,12H2. The van der Waals surface area contributed by atoms with Crippen molar-refractivity contribution >= 4 is 21.4 Å². The molecule has 1 aromatic heterocycles. The van der Waals surface area contributed by atoms with Crippen LogP contribution >= 0.6 is 11.3 Å². The molecule has 5 nitrogen and oxygen atoms in total. The van der Waals surface area contributed by atoms with E-state index in [1.54, 1.807) is 11.3 Å². The molecule has 0 bridgehead atoms. The van der Waals surface area contributed by atoms with Gasteiger partial charge in [-0.1, -0.05) is 6.07 Å². The van der Waals surface area contributed by atoms with Crippen molar-refractivity contribution in [3.8, 4) is 0 Å². The van der Waals surface area contributed by atoms with Crippen LogP contribution in [-0.2, 0) is 14.8 Å². The van der Waals surface area contributed by atoms with Gasteiger partial charge in [0.25, 0.3) is 0 Å². The lowest BCUT2D eigenvalue weighted by atomic mass is 10.2. The van der Waals surface area contributed by atoms with Crippen molar-refractivity contribution in [2.24, 2.45) is 0 Å². The molecule has 0 spiro atoms. The minimum Gasteiger partial charge on any atom is -0.379 e. The van der Waals surface area contributed by atoms with Gasteiger partial charge in [-0.05, 0) is 35.7 Å². The SMILES string of the molecule is O=S(=O)(NCC(c1cccs1)N1CCOCC1)c1ccc(F)cc1. The number of nitrogens with zero attached hydrogens (tertiary/aromatic N) is 1. The van der Waals surface area contributed by atoms with Crippen molar-refractivity contribution in [3.05, 3.63) is 52.5 Å². The lowest BCUT2D eigenvalue weighted by Crippen LogP contribution is -2.43. The molecule has 2 aromatic rings. The van der Waals surface area contributed by atoms with Crippen molar-refractivity contribution in [3.63, 3.8) is 0 Å². The molecule has 1 fully saturated rings. The van der Waals surface area contributed by atoms with Gasteiger partial charge in [-0.2, -0.15) is 0 Å². The summed E-state index contributed by atoms with van der Waals surface area (Å²) in [6.45, 7) is 3.08. The molecule has 24 heavy (non-hydrogen) atoms. The van der Waals surface area contributed by atoms with Gasteiger partial charge >= 0.3 is 0 Å². The zero-order valence-electron chi connectivity index (χ0n) is 13.0. The molecule has 2 heterocycles. The molecule has 1 atom stereocenters. The Morgan fingerprint density at radius 2 is 1.92 bits per heavy atom. The zero-order valence-corrected chi connectivity index (χ0v) is 14.7. The minimum absolute atomic E-state index is 0.0378. The summed E-state index contributed by atoms with van der Waals surface area (Å²) in [4.78, 5) is 3.40. The van der Waals surface area contributed by atoms with Crippen molar-refractivity contribution < 1.29 is 17.5 Å². The van der Waals surface area contributed by atoms with E-state index >= 15 is 0 Å². The third-order valence-electron chi connectivity index (χ3n) is 3.95. The van der Waals surface area contributed by atoms with Crippen LogP contribution in [0.2, 0.25) is 0 Å². The Labute approximate surface area is 145 Å². The monoisotopic (exact) mass is 370 g/mol. The molecule has 0 aliphatic carbocycles. The summed E-state index contributed by atoms with van der Waals surface area (Å²) in [7, 11) is -3.67. The van der Waals surface area contributed by atoms with E-state index in [0.29, 0.717) is 13.2 Å². The number of halogens is 1. The Morgan fingerprint density at radius 1 is 1.21 bits per heavy atom. The fourth-order valence-electron chi connectivity index (χ4n) is 2.67. The molecule has 1 aromatic carbocycles. The number of morpholine rings is 1. The van der Waals surface area contributed by atoms with Crippen molar-refractivity contribution in [2.45, 2.75) is 10.9 Å². The molecule has 1 unspecified atom stereocenters. The predicted molar refractivity (Wildman–Crippen MR) is 91.0 cm³/mol. The van der Waals surface area contributed by atoms with E-state index in [2.05, 4.69) is 9.62 Å². The number of hydrogen-bond donors (Lipinski definition) is 1. The second kappa shape index (κ2) is 7.71. The lowest BCUT2D eigenvalue weighted by molar-refractivity contribution is 0.0179. The number of thiophene rings is 1. The molecule has 130 valence electrons. The normalized spacial score (nSPS) is 17.7. The highest BCUT2D eigenvalue weighted by Crippen LogP contribution is 2.26. The van der Waals surface area contributed by atoms with Crippen LogP contribution in [0.25, 0.3) is 0 Å². The first-order valence-corrected chi connectivity index (χ1v) is 10.0. The lowest BCUT2D eigenvalue weighted by Gasteiger charge is -2.34. The molecule has 1 aliphatic rings. The van der Waals surface area contributed by atoms with E-state index in [1.807, 2.05) is 17.5 Å². The molecule has 0 amide bonds. The first-order valence-electron chi connectivity index (χ1n) is 7.67. The van der Waals surface area contributed by atoms with Crippen molar-refractivity contribution in [1.82, 2.24) is 9.62 Å². The number of hydrogen-bond acceptors (Lipinski definition) is 5. The number of sulfonamides is 1. The number of rotatable bonds is 6. The van der Waals surface area contributed by atoms with Gasteiger partial charge in [0.05, 0.1) is 24.2 Å². The molecule has 8 heteroatoms. The van der Waals surface area contributed by atoms with E-state index in [4.69, 9.17) is 4.74 Å². The maximum Gasteiger partial charge on any atom is 0.240 e. The molecule has 1 N–H and O–H groups in total. The highest BCUT2D eigenvalue weighted by atomic mass is 32.2. The topological polar surface area (TPSA) is 58.6 Å². The van der Waals surface area contributed by atoms with E-state index in [-0.39, 0.29) is 17.5 Å². The van der Waals surface area contributed by atoms with Crippen LogP contribution in [0, 0.1) is 5.82 Å². The van der Waals surface area contributed by atoms with E-state index in [0.717, 1.165) is 30.1 Å². The summed E-state index contributed by atoms with van der Waals surface area (Å²) in [6.07, 6.45) is 0. The van der Waals surface area contributed by atoms with E-state index in [1.165, 1.54) is 12.1 Å². The largest absolute Gasteiger partial charge is 0.379 e. The van der Waals surface area contributed by atoms with Gasteiger partial charge in [-0.25, -0.2) is 17.5 Å². The molecular weight excluding hydrogens is 351 g/mol. The van der Waals surface area contributed by atoms with E-state index < -0.39 is 15.8 Å².